The van der Waals surface area contributed by atoms with E-state index in [0.717, 1.165) is 48.9 Å². The summed E-state index contributed by atoms with van der Waals surface area (Å²) in [6, 6.07) is 22.0. The van der Waals surface area contributed by atoms with Gasteiger partial charge in [-0.1, -0.05) is 60.7 Å². The van der Waals surface area contributed by atoms with Gasteiger partial charge in [0.25, 0.3) is 5.56 Å². The Bertz CT molecular complexity index is 1260. The second kappa shape index (κ2) is 11.3. The predicted molar refractivity (Wildman–Crippen MR) is 144 cm³/mol. The van der Waals surface area contributed by atoms with Gasteiger partial charge < -0.3 is 10.1 Å². The number of nitrogens with one attached hydrogen (secondary N) is 1. The van der Waals surface area contributed by atoms with Gasteiger partial charge in [-0.25, -0.2) is 4.98 Å². The molecule has 0 fully saturated rings. The Kier molecular flexibility index (Phi) is 7.72. The number of ether oxygens (including phenoxy) is 1. The number of hydrogen-bond donors (Lipinski definition) is 1. The molecule has 0 saturated carbocycles. The first-order valence-electron chi connectivity index (χ1n) is 12.6. The van der Waals surface area contributed by atoms with Crippen molar-refractivity contribution in [2.75, 3.05) is 20.3 Å². The van der Waals surface area contributed by atoms with Crippen LogP contribution in [0.1, 0.15) is 46.7 Å². The van der Waals surface area contributed by atoms with Crippen LogP contribution >= 0.6 is 11.3 Å². The predicted octanol–water partition coefficient (Wildman–Crippen LogP) is 5.16. The highest BCUT2D eigenvalue weighted by Crippen LogP contribution is 2.34. The standard InChI is InChI=1S/C29H33N3O2S/c1-34-18-8-17-32-20-31-28-27(29(32)33)25-14-13-23(19-26(25)35-28)30-16-15-24(21-9-4-2-5-10-21)22-11-6-3-7-12-22/h2-7,9-12,20,23-24,30H,8,13-19H2,1H3/t23-/m0/s1. The maximum Gasteiger partial charge on any atom is 0.262 e. The van der Waals surface area contributed by atoms with Gasteiger partial charge in [0.05, 0.1) is 11.7 Å². The third-order valence-electron chi connectivity index (χ3n) is 7.05. The fourth-order valence-corrected chi connectivity index (χ4v) is 6.50. The maximum atomic E-state index is 13.1. The molecule has 5 nitrogen and oxygen atoms in total. The van der Waals surface area contributed by atoms with Crippen molar-refractivity contribution < 1.29 is 4.74 Å². The molecule has 5 rings (SSSR count). The van der Waals surface area contributed by atoms with Crippen molar-refractivity contribution in [3.8, 4) is 0 Å². The summed E-state index contributed by atoms with van der Waals surface area (Å²) in [6.45, 7) is 2.26. The number of thiophene rings is 1. The summed E-state index contributed by atoms with van der Waals surface area (Å²) in [5.74, 6) is 0.383. The van der Waals surface area contributed by atoms with Gasteiger partial charge in [-0.15, -0.1) is 11.3 Å². The van der Waals surface area contributed by atoms with E-state index in [0.29, 0.717) is 25.1 Å². The van der Waals surface area contributed by atoms with E-state index in [1.165, 1.54) is 21.6 Å². The van der Waals surface area contributed by atoms with Crippen LogP contribution in [0.3, 0.4) is 0 Å². The summed E-state index contributed by atoms with van der Waals surface area (Å²) in [4.78, 5) is 20.0. The third kappa shape index (κ3) is 5.40. The first-order valence-corrected chi connectivity index (χ1v) is 13.4. The van der Waals surface area contributed by atoms with Gasteiger partial charge in [0.15, 0.2) is 0 Å². The molecule has 0 radical (unpaired) electrons. The Morgan fingerprint density at radius 2 is 1.83 bits per heavy atom. The molecule has 0 unspecified atom stereocenters. The lowest BCUT2D eigenvalue weighted by molar-refractivity contribution is 0.190. The smallest absolute Gasteiger partial charge is 0.262 e. The second-order valence-corrected chi connectivity index (χ2v) is 10.4. The van der Waals surface area contributed by atoms with Gasteiger partial charge in [0, 0.05) is 37.1 Å². The lowest BCUT2D eigenvalue weighted by Crippen LogP contribution is -2.35. The van der Waals surface area contributed by atoms with Crippen molar-refractivity contribution in [3.05, 3.63) is 98.9 Å². The van der Waals surface area contributed by atoms with E-state index in [4.69, 9.17) is 4.74 Å². The number of methoxy groups -OCH3 is 1. The Morgan fingerprint density at radius 3 is 2.51 bits per heavy atom. The number of aryl methyl sites for hydroxylation is 2. The molecule has 6 heteroatoms. The number of rotatable bonds is 10. The van der Waals surface area contributed by atoms with Crippen LogP contribution in [0.4, 0.5) is 0 Å². The van der Waals surface area contributed by atoms with Gasteiger partial charge in [-0.2, -0.15) is 0 Å². The van der Waals surface area contributed by atoms with Crippen molar-refractivity contribution in [3.63, 3.8) is 0 Å². The molecular formula is C29H33N3O2S. The highest BCUT2D eigenvalue weighted by atomic mass is 32.1. The number of fused-ring (bicyclic) bond motifs is 3. The minimum Gasteiger partial charge on any atom is -0.385 e. The summed E-state index contributed by atoms with van der Waals surface area (Å²) >= 11 is 1.70. The average molecular weight is 488 g/mol. The lowest BCUT2D eigenvalue weighted by atomic mass is 9.88. The number of benzene rings is 2. The zero-order chi connectivity index (χ0) is 24.0. The average Bonchev–Trinajstić information content (AvgIpc) is 3.28. The quantitative estimate of drug-likeness (QED) is 0.314. The fraction of sp³-hybridized carbons (Fsp3) is 0.379. The summed E-state index contributed by atoms with van der Waals surface area (Å²) in [6.07, 6.45) is 6.53. The number of nitrogens with zero attached hydrogens (tertiary/aromatic N) is 2. The van der Waals surface area contributed by atoms with Gasteiger partial charge in [0.2, 0.25) is 0 Å². The van der Waals surface area contributed by atoms with E-state index < -0.39 is 0 Å². The summed E-state index contributed by atoms with van der Waals surface area (Å²) in [5, 5.41) is 4.67. The van der Waals surface area contributed by atoms with Crippen LogP contribution < -0.4 is 10.9 Å². The second-order valence-electron chi connectivity index (χ2n) is 9.33. The monoisotopic (exact) mass is 487 g/mol. The molecule has 2 heterocycles. The summed E-state index contributed by atoms with van der Waals surface area (Å²) < 4.78 is 6.88. The SMILES string of the molecule is COCCCn1cnc2sc3c(c2c1=O)CC[C@H](NCCC(c1ccccc1)c1ccccc1)C3. The zero-order valence-corrected chi connectivity index (χ0v) is 21.1. The summed E-state index contributed by atoms with van der Waals surface area (Å²) in [5.41, 5.74) is 4.06. The van der Waals surface area contributed by atoms with Crippen molar-refractivity contribution in [1.82, 2.24) is 14.9 Å². The van der Waals surface area contributed by atoms with Crippen LogP contribution in [0, 0.1) is 0 Å². The van der Waals surface area contributed by atoms with E-state index >= 15 is 0 Å². The fourth-order valence-electron chi connectivity index (χ4n) is 5.24. The van der Waals surface area contributed by atoms with Crippen LogP contribution in [-0.2, 0) is 24.1 Å². The summed E-state index contributed by atoms with van der Waals surface area (Å²) in [7, 11) is 1.69. The van der Waals surface area contributed by atoms with E-state index in [1.54, 1.807) is 29.3 Å². The van der Waals surface area contributed by atoms with Gasteiger partial charge in [-0.05, 0) is 55.3 Å². The lowest BCUT2D eigenvalue weighted by Gasteiger charge is -2.25. The molecule has 1 N–H and O–H groups in total. The normalized spacial score (nSPS) is 15.5. The highest BCUT2D eigenvalue weighted by Gasteiger charge is 2.25. The molecule has 182 valence electrons. The Morgan fingerprint density at radius 1 is 1.11 bits per heavy atom. The molecule has 1 atom stereocenters. The molecule has 2 aromatic carbocycles. The minimum absolute atomic E-state index is 0.101. The number of aromatic nitrogens is 2. The Labute approximate surface area is 210 Å². The molecule has 0 amide bonds. The molecule has 0 saturated heterocycles. The van der Waals surface area contributed by atoms with Crippen LogP contribution in [0.2, 0.25) is 0 Å². The van der Waals surface area contributed by atoms with Gasteiger partial charge in [-0.3, -0.25) is 9.36 Å². The molecule has 1 aliphatic carbocycles. The maximum absolute atomic E-state index is 13.1. The molecule has 0 spiro atoms. The highest BCUT2D eigenvalue weighted by molar-refractivity contribution is 7.18. The molecule has 4 aromatic rings. The van der Waals surface area contributed by atoms with Crippen LogP contribution in [0.15, 0.2) is 71.8 Å². The molecule has 35 heavy (non-hydrogen) atoms. The zero-order valence-electron chi connectivity index (χ0n) is 20.3. The number of hydrogen-bond acceptors (Lipinski definition) is 5. The largest absolute Gasteiger partial charge is 0.385 e. The van der Waals surface area contributed by atoms with E-state index in [1.807, 2.05) is 0 Å². The third-order valence-corrected chi connectivity index (χ3v) is 8.22. The van der Waals surface area contributed by atoms with E-state index in [2.05, 4.69) is 71.0 Å². The van der Waals surface area contributed by atoms with Crippen molar-refractivity contribution >= 4 is 21.6 Å². The Balaban J connectivity index is 1.26. The molecule has 2 aromatic heterocycles. The molecule has 0 aliphatic heterocycles. The molecular weight excluding hydrogens is 454 g/mol. The van der Waals surface area contributed by atoms with Gasteiger partial charge in [0.1, 0.15) is 4.83 Å². The minimum atomic E-state index is 0.101. The van der Waals surface area contributed by atoms with E-state index in [-0.39, 0.29) is 5.56 Å². The van der Waals surface area contributed by atoms with Gasteiger partial charge >= 0.3 is 0 Å². The first kappa shape index (κ1) is 23.9. The van der Waals surface area contributed by atoms with E-state index in [9.17, 15) is 4.79 Å². The van der Waals surface area contributed by atoms with Crippen LogP contribution in [0.25, 0.3) is 10.2 Å². The first-order chi connectivity index (χ1) is 17.2. The van der Waals surface area contributed by atoms with Crippen LogP contribution in [-0.4, -0.2) is 35.9 Å². The topological polar surface area (TPSA) is 56.2 Å². The Hall–Kier alpha value is -2.80. The molecule has 1 aliphatic rings. The van der Waals surface area contributed by atoms with Crippen molar-refractivity contribution in [1.29, 1.82) is 0 Å². The van der Waals surface area contributed by atoms with Crippen molar-refractivity contribution in [2.45, 2.75) is 50.6 Å². The van der Waals surface area contributed by atoms with Crippen LogP contribution in [0.5, 0.6) is 0 Å². The van der Waals surface area contributed by atoms with Crippen molar-refractivity contribution in [2.24, 2.45) is 0 Å². The molecule has 0 bridgehead atoms.